The Kier molecular flexibility index (Phi) is 2.75. The fourth-order valence-electron chi connectivity index (χ4n) is 0.732. The smallest absolute Gasteiger partial charge is 0.312 e. The third kappa shape index (κ3) is 2.93. The molecule has 0 aromatic rings. The topological polar surface area (TPSA) is 53.9 Å². The third-order valence-corrected chi connectivity index (χ3v) is 1.56. The van der Waals surface area contributed by atoms with Gasteiger partial charge in [-0.25, -0.2) is 0 Å². The second-order valence-corrected chi connectivity index (χ2v) is 3.96. The van der Waals surface area contributed by atoms with Crippen molar-refractivity contribution < 1.29 is 9.53 Å². The highest BCUT2D eigenvalue weighted by Gasteiger charge is 2.23. The van der Waals surface area contributed by atoms with Crippen LogP contribution in [0, 0.1) is 5.41 Å². The second-order valence-electron chi connectivity index (χ2n) is 3.96. The minimum Gasteiger partial charge on any atom is -0.444 e. The predicted molar refractivity (Wildman–Crippen MR) is 48.7 cm³/mol. The van der Waals surface area contributed by atoms with Gasteiger partial charge in [-0.15, -0.1) is 0 Å². The van der Waals surface area contributed by atoms with Gasteiger partial charge in [-0.2, -0.15) is 5.10 Å². The maximum atomic E-state index is 11.3. The van der Waals surface area contributed by atoms with Crippen LogP contribution < -0.4 is 5.43 Å². The molecule has 0 aromatic carbocycles. The van der Waals surface area contributed by atoms with E-state index < -0.39 is 5.41 Å². The molecule has 0 unspecified atom stereocenters. The van der Waals surface area contributed by atoms with Crippen LogP contribution in [-0.2, 0) is 9.53 Å². The van der Waals surface area contributed by atoms with Crippen molar-refractivity contribution in [2.75, 3.05) is 13.4 Å². The molecule has 0 radical (unpaired) electrons. The van der Waals surface area contributed by atoms with Crippen LogP contribution in [0.1, 0.15) is 20.8 Å². The Labute approximate surface area is 77.7 Å². The van der Waals surface area contributed by atoms with Gasteiger partial charge in [0.05, 0.1) is 5.41 Å². The number of rotatable bonds is 2. The molecule has 1 rings (SSSR count). The van der Waals surface area contributed by atoms with E-state index in [0.29, 0.717) is 6.67 Å². The maximum Gasteiger partial charge on any atom is 0.312 e. The van der Waals surface area contributed by atoms with Crippen LogP contribution in [0.2, 0.25) is 0 Å². The summed E-state index contributed by atoms with van der Waals surface area (Å²) in [6, 6.07) is 0. The van der Waals surface area contributed by atoms with Crippen LogP contribution in [0.5, 0.6) is 0 Å². The fourth-order valence-corrected chi connectivity index (χ4v) is 0.732. The van der Waals surface area contributed by atoms with E-state index in [1.807, 2.05) is 20.8 Å². The minimum absolute atomic E-state index is 0.201. The molecule has 0 saturated heterocycles. The molecule has 0 aliphatic carbocycles. The summed E-state index contributed by atoms with van der Waals surface area (Å²) >= 11 is 0. The molecule has 1 heterocycles. The van der Waals surface area contributed by atoms with Gasteiger partial charge in [-0.1, -0.05) is 0 Å². The van der Waals surface area contributed by atoms with Gasteiger partial charge < -0.3 is 9.64 Å². The molecule has 0 bridgehead atoms. The standard InChI is InChI=1S/C8H15N3O2/c1-8(2,3)7(12)13-6-11-4-9-10-5-11/h4,10H,5-6H2,1-3H3. The Morgan fingerprint density at radius 1 is 1.69 bits per heavy atom. The van der Waals surface area contributed by atoms with E-state index >= 15 is 0 Å². The highest BCUT2D eigenvalue weighted by Crippen LogP contribution is 2.14. The number of nitrogens with zero attached hydrogens (tertiary/aromatic N) is 2. The Balaban J connectivity index is 2.26. The number of hydrogen-bond acceptors (Lipinski definition) is 5. The quantitative estimate of drug-likeness (QED) is 0.630. The van der Waals surface area contributed by atoms with Gasteiger partial charge in [0.2, 0.25) is 0 Å². The third-order valence-electron chi connectivity index (χ3n) is 1.56. The summed E-state index contributed by atoms with van der Waals surface area (Å²) in [6.45, 7) is 6.33. The van der Waals surface area contributed by atoms with E-state index in [2.05, 4.69) is 10.5 Å². The van der Waals surface area contributed by atoms with E-state index in [1.165, 1.54) is 0 Å². The summed E-state index contributed by atoms with van der Waals surface area (Å²) in [6.07, 6.45) is 1.61. The molecule has 74 valence electrons. The fraction of sp³-hybridized carbons (Fsp3) is 0.750. The van der Waals surface area contributed by atoms with Gasteiger partial charge in [0, 0.05) is 0 Å². The number of hydrogen-bond donors (Lipinski definition) is 1. The molecule has 1 N–H and O–H groups in total. The maximum absolute atomic E-state index is 11.3. The molecule has 0 aromatic heterocycles. The van der Waals surface area contributed by atoms with Crippen LogP contribution in [0.25, 0.3) is 0 Å². The molecular formula is C8H15N3O2. The molecule has 5 heteroatoms. The second kappa shape index (κ2) is 3.64. The van der Waals surface area contributed by atoms with Gasteiger partial charge in [0.1, 0.15) is 13.0 Å². The summed E-state index contributed by atoms with van der Waals surface area (Å²) in [7, 11) is 0. The zero-order chi connectivity index (χ0) is 9.90. The van der Waals surface area contributed by atoms with Crippen molar-refractivity contribution in [1.29, 1.82) is 0 Å². The Morgan fingerprint density at radius 3 is 2.85 bits per heavy atom. The first-order valence-corrected chi connectivity index (χ1v) is 4.17. The average molecular weight is 185 g/mol. The van der Waals surface area contributed by atoms with Crippen LogP contribution in [-0.4, -0.2) is 30.6 Å². The summed E-state index contributed by atoms with van der Waals surface area (Å²) < 4.78 is 5.05. The van der Waals surface area contributed by atoms with Crippen molar-refractivity contribution in [3.8, 4) is 0 Å². The zero-order valence-corrected chi connectivity index (χ0v) is 8.20. The first kappa shape index (κ1) is 9.83. The predicted octanol–water partition coefficient (Wildman–Crippen LogP) is 0.339. The lowest BCUT2D eigenvalue weighted by Gasteiger charge is -2.19. The summed E-state index contributed by atoms with van der Waals surface area (Å²) in [4.78, 5) is 13.1. The average Bonchev–Trinajstić information content (AvgIpc) is 2.50. The highest BCUT2D eigenvalue weighted by atomic mass is 16.5. The summed E-state index contributed by atoms with van der Waals surface area (Å²) in [5.41, 5.74) is 2.30. The molecule has 1 aliphatic heterocycles. The van der Waals surface area contributed by atoms with Crippen LogP contribution >= 0.6 is 0 Å². The summed E-state index contributed by atoms with van der Waals surface area (Å²) in [5, 5.41) is 3.76. The molecule has 0 atom stereocenters. The lowest BCUT2D eigenvalue weighted by molar-refractivity contribution is -0.156. The molecule has 1 aliphatic rings. The van der Waals surface area contributed by atoms with Crippen molar-refractivity contribution in [3.63, 3.8) is 0 Å². The van der Waals surface area contributed by atoms with Crippen molar-refractivity contribution in [3.05, 3.63) is 0 Å². The van der Waals surface area contributed by atoms with Crippen molar-refractivity contribution in [2.45, 2.75) is 20.8 Å². The molecule has 0 fully saturated rings. The highest BCUT2D eigenvalue weighted by molar-refractivity contribution is 5.75. The normalized spacial score (nSPS) is 15.8. The van der Waals surface area contributed by atoms with Crippen LogP contribution in [0.4, 0.5) is 0 Å². The van der Waals surface area contributed by atoms with Gasteiger partial charge in [-0.05, 0) is 20.8 Å². The van der Waals surface area contributed by atoms with Crippen molar-refractivity contribution in [1.82, 2.24) is 10.3 Å². The molecule has 0 saturated carbocycles. The number of esters is 1. The number of carbonyl (C=O) groups excluding carboxylic acids is 1. The van der Waals surface area contributed by atoms with Gasteiger partial charge in [0.25, 0.3) is 0 Å². The molecule has 5 nitrogen and oxygen atoms in total. The molecule has 0 spiro atoms. The number of hydrazone groups is 1. The minimum atomic E-state index is -0.440. The number of ether oxygens (including phenoxy) is 1. The first-order chi connectivity index (χ1) is 6.00. The molecule has 0 amide bonds. The lowest BCUT2D eigenvalue weighted by Crippen LogP contribution is -2.31. The van der Waals surface area contributed by atoms with Gasteiger partial charge in [0.15, 0.2) is 6.73 Å². The van der Waals surface area contributed by atoms with Crippen molar-refractivity contribution >= 4 is 12.3 Å². The Bertz CT molecular complexity index is 220. The number of carbonyl (C=O) groups is 1. The van der Waals surface area contributed by atoms with E-state index in [9.17, 15) is 4.79 Å². The van der Waals surface area contributed by atoms with E-state index in [0.717, 1.165) is 0 Å². The van der Waals surface area contributed by atoms with Crippen molar-refractivity contribution in [2.24, 2.45) is 10.5 Å². The SMILES string of the molecule is CC(C)(C)C(=O)OCN1C=NNC1. The first-order valence-electron chi connectivity index (χ1n) is 4.17. The van der Waals surface area contributed by atoms with Crippen LogP contribution in [0.3, 0.4) is 0 Å². The van der Waals surface area contributed by atoms with Crippen LogP contribution in [0.15, 0.2) is 5.10 Å². The Hall–Kier alpha value is -1.26. The van der Waals surface area contributed by atoms with E-state index in [-0.39, 0.29) is 12.7 Å². The van der Waals surface area contributed by atoms with E-state index in [4.69, 9.17) is 4.74 Å². The molecule has 13 heavy (non-hydrogen) atoms. The summed E-state index contributed by atoms with van der Waals surface area (Å²) in [5.74, 6) is -0.201. The number of nitrogens with one attached hydrogen (secondary N) is 1. The monoisotopic (exact) mass is 185 g/mol. The lowest BCUT2D eigenvalue weighted by atomic mass is 9.98. The molecular weight excluding hydrogens is 170 g/mol. The van der Waals surface area contributed by atoms with Gasteiger partial charge >= 0.3 is 5.97 Å². The Morgan fingerprint density at radius 2 is 2.38 bits per heavy atom. The zero-order valence-electron chi connectivity index (χ0n) is 8.20. The van der Waals surface area contributed by atoms with E-state index in [1.54, 1.807) is 11.2 Å². The largest absolute Gasteiger partial charge is 0.444 e. The van der Waals surface area contributed by atoms with Gasteiger partial charge in [-0.3, -0.25) is 10.2 Å².